The number of ether oxygens (including phenoxy) is 4. The number of aliphatic hydroxyl groups is 1. The van der Waals surface area contributed by atoms with Gasteiger partial charge >= 0.3 is 0 Å². The lowest BCUT2D eigenvalue weighted by atomic mass is 10.1. The summed E-state index contributed by atoms with van der Waals surface area (Å²) in [6.07, 6.45) is 9.31. The lowest BCUT2D eigenvalue weighted by molar-refractivity contribution is -0.110. The molecule has 0 heterocycles. The van der Waals surface area contributed by atoms with Crippen LogP contribution in [0.15, 0.2) is 60.6 Å². The third kappa shape index (κ3) is 7.72. The Bertz CT molecular complexity index is 678. The van der Waals surface area contributed by atoms with Crippen LogP contribution in [-0.2, 0) is 14.3 Å². The van der Waals surface area contributed by atoms with Crippen molar-refractivity contribution in [2.24, 2.45) is 0 Å². The molecule has 1 aromatic rings. The zero-order valence-electron chi connectivity index (χ0n) is 15.3. The first-order valence-electron chi connectivity index (χ1n) is 7.79. The first kappa shape index (κ1) is 21.1. The van der Waals surface area contributed by atoms with Crippen LogP contribution in [0.5, 0.6) is 11.5 Å². The molecule has 1 rings (SSSR count). The van der Waals surface area contributed by atoms with E-state index < -0.39 is 6.10 Å². The van der Waals surface area contributed by atoms with Gasteiger partial charge in [-0.25, -0.2) is 0 Å². The van der Waals surface area contributed by atoms with Gasteiger partial charge in [-0.1, -0.05) is 6.08 Å². The van der Waals surface area contributed by atoms with E-state index in [2.05, 4.69) is 0 Å². The average molecular weight is 360 g/mol. The molecule has 0 bridgehead atoms. The van der Waals surface area contributed by atoms with Gasteiger partial charge in [0, 0.05) is 12.1 Å². The number of hydrogen-bond acceptors (Lipinski definition) is 6. The van der Waals surface area contributed by atoms with Crippen LogP contribution in [0, 0.1) is 0 Å². The maximum Gasteiger partial charge on any atom is 0.182 e. The summed E-state index contributed by atoms with van der Waals surface area (Å²) in [6.45, 7) is 0. The third-order valence-electron chi connectivity index (χ3n) is 3.20. The molecule has 0 saturated heterocycles. The second kappa shape index (κ2) is 11.5. The number of allylic oxidation sites excluding steroid dienone is 3. The molecule has 1 N–H and O–H groups in total. The van der Waals surface area contributed by atoms with Crippen LogP contribution in [0.1, 0.15) is 5.56 Å². The van der Waals surface area contributed by atoms with Gasteiger partial charge < -0.3 is 24.1 Å². The molecule has 140 valence electrons. The minimum Gasteiger partial charge on any atom is -0.505 e. The summed E-state index contributed by atoms with van der Waals surface area (Å²) in [6, 6.07) is 5.31. The molecule has 6 nitrogen and oxygen atoms in total. The van der Waals surface area contributed by atoms with Crippen LogP contribution in [0.2, 0.25) is 0 Å². The predicted molar refractivity (Wildman–Crippen MR) is 100.0 cm³/mol. The molecule has 0 fully saturated rings. The minimum absolute atomic E-state index is 0.268. The van der Waals surface area contributed by atoms with Gasteiger partial charge in [0.2, 0.25) is 0 Å². The number of carbonyl (C=O) groups excluding carboxylic acids is 1. The van der Waals surface area contributed by atoms with E-state index in [0.717, 1.165) is 5.56 Å². The Kier molecular flexibility index (Phi) is 9.35. The molecule has 0 aromatic heterocycles. The van der Waals surface area contributed by atoms with Gasteiger partial charge in [-0.2, -0.15) is 0 Å². The Hall–Kier alpha value is -2.99. The highest BCUT2D eigenvalue weighted by Crippen LogP contribution is 2.23. The maximum absolute atomic E-state index is 12.1. The van der Waals surface area contributed by atoms with E-state index in [9.17, 15) is 9.90 Å². The van der Waals surface area contributed by atoms with Gasteiger partial charge in [-0.3, -0.25) is 4.79 Å². The van der Waals surface area contributed by atoms with Gasteiger partial charge in [0.15, 0.2) is 5.78 Å². The summed E-state index contributed by atoms with van der Waals surface area (Å²) in [5.74, 6) is 1.30. The highest BCUT2D eigenvalue weighted by Gasteiger charge is 2.01. The summed E-state index contributed by atoms with van der Waals surface area (Å²) in [5.41, 5.74) is 0.762. The fourth-order valence-corrected chi connectivity index (χ4v) is 1.88. The highest BCUT2D eigenvalue weighted by atomic mass is 16.5. The molecular formula is C20H24O6. The Morgan fingerprint density at radius 3 is 2.19 bits per heavy atom. The van der Waals surface area contributed by atoms with Crippen LogP contribution < -0.4 is 9.47 Å². The molecule has 0 saturated carbocycles. The zero-order valence-corrected chi connectivity index (χ0v) is 15.3. The Morgan fingerprint density at radius 1 is 1.00 bits per heavy atom. The SMILES string of the molecule is CO/C=C/C(O)/C=C/C(=C/C(=O)/C=C/c1cc(OC)cc(OC)c1)OC. The van der Waals surface area contributed by atoms with E-state index in [0.29, 0.717) is 17.3 Å². The van der Waals surface area contributed by atoms with Crippen molar-refractivity contribution in [2.45, 2.75) is 6.10 Å². The molecule has 0 amide bonds. The molecule has 1 aromatic carbocycles. The predicted octanol–water partition coefficient (Wildman–Crippen LogP) is 2.89. The second-order valence-electron chi connectivity index (χ2n) is 5.05. The smallest absolute Gasteiger partial charge is 0.182 e. The van der Waals surface area contributed by atoms with Gasteiger partial charge in [-0.05, 0) is 42.0 Å². The molecule has 1 unspecified atom stereocenters. The summed E-state index contributed by atoms with van der Waals surface area (Å²) >= 11 is 0. The van der Waals surface area contributed by atoms with Crippen LogP contribution >= 0.6 is 0 Å². The van der Waals surface area contributed by atoms with Crippen LogP contribution in [0.25, 0.3) is 6.08 Å². The fraction of sp³-hybridized carbons (Fsp3) is 0.250. The van der Waals surface area contributed by atoms with E-state index in [4.69, 9.17) is 18.9 Å². The zero-order chi connectivity index (χ0) is 19.4. The van der Waals surface area contributed by atoms with Crippen LogP contribution in [-0.4, -0.2) is 45.4 Å². The summed E-state index contributed by atoms with van der Waals surface area (Å²) < 4.78 is 20.2. The summed E-state index contributed by atoms with van der Waals surface area (Å²) in [4.78, 5) is 12.1. The maximum atomic E-state index is 12.1. The first-order valence-corrected chi connectivity index (χ1v) is 7.79. The number of benzene rings is 1. The minimum atomic E-state index is -0.844. The van der Waals surface area contributed by atoms with E-state index >= 15 is 0 Å². The number of methoxy groups -OCH3 is 4. The fourth-order valence-electron chi connectivity index (χ4n) is 1.88. The largest absolute Gasteiger partial charge is 0.505 e. The van der Waals surface area contributed by atoms with Crippen LogP contribution in [0.3, 0.4) is 0 Å². The number of aliphatic hydroxyl groups excluding tert-OH is 1. The molecular weight excluding hydrogens is 336 g/mol. The van der Waals surface area contributed by atoms with Gasteiger partial charge in [0.05, 0.1) is 40.8 Å². The van der Waals surface area contributed by atoms with Crippen molar-refractivity contribution in [3.63, 3.8) is 0 Å². The lowest BCUT2D eigenvalue weighted by Crippen LogP contribution is -1.98. The molecule has 0 spiro atoms. The van der Waals surface area contributed by atoms with Crippen molar-refractivity contribution >= 4 is 11.9 Å². The van der Waals surface area contributed by atoms with Crippen molar-refractivity contribution in [3.8, 4) is 11.5 Å². The first-order chi connectivity index (χ1) is 12.5. The van der Waals surface area contributed by atoms with Gasteiger partial charge in [0.1, 0.15) is 17.3 Å². The van der Waals surface area contributed by atoms with Gasteiger partial charge in [0.25, 0.3) is 0 Å². The quantitative estimate of drug-likeness (QED) is 0.393. The molecule has 1 atom stereocenters. The highest BCUT2D eigenvalue weighted by molar-refractivity contribution is 6.02. The topological polar surface area (TPSA) is 74.2 Å². The number of ketones is 1. The van der Waals surface area contributed by atoms with E-state index in [1.807, 2.05) is 0 Å². The Labute approximate surface area is 153 Å². The van der Waals surface area contributed by atoms with Crippen molar-refractivity contribution in [1.29, 1.82) is 0 Å². The molecule has 0 aliphatic carbocycles. The summed E-state index contributed by atoms with van der Waals surface area (Å²) in [7, 11) is 6.04. The molecule has 0 aliphatic rings. The van der Waals surface area contributed by atoms with E-state index in [1.54, 1.807) is 38.5 Å². The normalized spacial score (nSPS) is 13.3. The molecule has 6 heteroatoms. The summed E-state index contributed by atoms with van der Waals surface area (Å²) in [5, 5.41) is 9.65. The lowest BCUT2D eigenvalue weighted by Gasteiger charge is -2.05. The standard InChI is InChI=1S/C20H24O6/c1-23-10-9-16(21)7-8-18(24-2)13-17(22)6-5-15-11-19(25-3)14-20(12-15)26-4/h5-14,16,21H,1-4H3/b6-5+,8-7+,10-9+,18-13-. The van der Waals surface area contributed by atoms with Crippen molar-refractivity contribution in [1.82, 2.24) is 0 Å². The van der Waals surface area contributed by atoms with E-state index in [1.165, 1.54) is 50.9 Å². The van der Waals surface area contributed by atoms with Crippen molar-refractivity contribution in [2.75, 3.05) is 28.4 Å². The second-order valence-corrected chi connectivity index (χ2v) is 5.05. The Balaban J connectivity index is 2.84. The molecule has 0 radical (unpaired) electrons. The van der Waals surface area contributed by atoms with Gasteiger partial charge in [-0.15, -0.1) is 0 Å². The van der Waals surface area contributed by atoms with Crippen molar-refractivity contribution < 1.29 is 28.8 Å². The van der Waals surface area contributed by atoms with E-state index in [-0.39, 0.29) is 5.78 Å². The molecule has 0 aliphatic heterocycles. The third-order valence-corrected chi connectivity index (χ3v) is 3.20. The molecule has 26 heavy (non-hydrogen) atoms. The van der Waals surface area contributed by atoms with Crippen LogP contribution in [0.4, 0.5) is 0 Å². The number of hydrogen-bond donors (Lipinski definition) is 1. The average Bonchev–Trinajstić information content (AvgIpc) is 2.67. The van der Waals surface area contributed by atoms with Crippen molar-refractivity contribution in [3.05, 3.63) is 66.2 Å². The number of rotatable bonds is 10. The monoisotopic (exact) mass is 360 g/mol. The Morgan fingerprint density at radius 2 is 1.65 bits per heavy atom. The number of carbonyl (C=O) groups is 1.